The lowest BCUT2D eigenvalue weighted by molar-refractivity contribution is 0.0747. The number of nitrogens with zero attached hydrogens (tertiary/aromatic N) is 5. The minimum atomic E-state index is 0.105. The van der Waals surface area contributed by atoms with Crippen LogP contribution >= 0.6 is 11.3 Å². The predicted molar refractivity (Wildman–Crippen MR) is 102 cm³/mol. The molecule has 0 bridgehead atoms. The number of rotatable bonds is 4. The second-order valence-corrected chi connectivity index (χ2v) is 6.71. The van der Waals surface area contributed by atoms with Gasteiger partial charge in [-0.2, -0.15) is 11.3 Å². The van der Waals surface area contributed by atoms with Crippen molar-refractivity contribution in [3.63, 3.8) is 0 Å². The van der Waals surface area contributed by atoms with Crippen molar-refractivity contribution in [2.45, 2.75) is 0 Å². The van der Waals surface area contributed by atoms with Crippen molar-refractivity contribution in [2.75, 3.05) is 36.4 Å². The van der Waals surface area contributed by atoms with Crippen LogP contribution in [0.25, 0.3) is 0 Å². The Kier molecular flexibility index (Phi) is 4.74. The Morgan fingerprint density at radius 3 is 2.46 bits per heavy atom. The van der Waals surface area contributed by atoms with Gasteiger partial charge in [-0.25, -0.2) is 0 Å². The van der Waals surface area contributed by atoms with E-state index in [1.807, 2.05) is 46.0 Å². The number of pyridine rings is 1. The second kappa shape index (κ2) is 7.49. The molecule has 0 atom stereocenters. The molecule has 8 heteroatoms. The highest BCUT2D eigenvalue weighted by atomic mass is 32.1. The van der Waals surface area contributed by atoms with Gasteiger partial charge in [0.25, 0.3) is 5.91 Å². The average molecular weight is 366 g/mol. The Hall–Kier alpha value is -3.00. The predicted octanol–water partition coefficient (Wildman–Crippen LogP) is 2.64. The molecule has 7 nitrogen and oxygen atoms in total. The summed E-state index contributed by atoms with van der Waals surface area (Å²) in [6, 6.07) is 9.48. The molecule has 3 aromatic rings. The number of aromatic nitrogens is 3. The number of nitrogens with one attached hydrogen (secondary N) is 1. The van der Waals surface area contributed by atoms with Crippen LogP contribution in [0.15, 0.2) is 53.5 Å². The van der Waals surface area contributed by atoms with Crippen molar-refractivity contribution in [1.82, 2.24) is 20.1 Å². The first-order valence-corrected chi connectivity index (χ1v) is 9.31. The topological polar surface area (TPSA) is 74.2 Å². The molecular formula is C18H18N6OS. The van der Waals surface area contributed by atoms with Crippen LogP contribution in [0, 0.1) is 0 Å². The zero-order valence-electron chi connectivity index (χ0n) is 14.1. The first-order chi connectivity index (χ1) is 12.8. The summed E-state index contributed by atoms with van der Waals surface area (Å²) in [5.74, 6) is 1.62. The lowest BCUT2D eigenvalue weighted by Gasteiger charge is -2.35. The number of carbonyl (C=O) groups is 1. The number of carbonyl (C=O) groups excluding carboxylic acids is 1. The van der Waals surface area contributed by atoms with Crippen LogP contribution in [0.5, 0.6) is 0 Å². The van der Waals surface area contributed by atoms with E-state index in [0.717, 1.165) is 30.2 Å². The number of hydrogen-bond acceptors (Lipinski definition) is 7. The Bertz CT molecular complexity index is 845. The Balaban J connectivity index is 1.35. The summed E-state index contributed by atoms with van der Waals surface area (Å²) in [6.45, 7) is 2.88. The van der Waals surface area contributed by atoms with Crippen molar-refractivity contribution in [3.8, 4) is 0 Å². The summed E-state index contributed by atoms with van der Waals surface area (Å²) >= 11 is 1.55. The van der Waals surface area contributed by atoms with E-state index in [9.17, 15) is 4.79 Å². The zero-order chi connectivity index (χ0) is 17.8. The van der Waals surface area contributed by atoms with Crippen molar-refractivity contribution >= 4 is 34.6 Å². The Morgan fingerprint density at radius 1 is 1.00 bits per heavy atom. The molecule has 0 saturated carbocycles. The molecule has 0 spiro atoms. The molecule has 4 rings (SSSR count). The highest BCUT2D eigenvalue weighted by Gasteiger charge is 2.23. The van der Waals surface area contributed by atoms with Gasteiger partial charge in [0.15, 0.2) is 11.6 Å². The first kappa shape index (κ1) is 16.5. The summed E-state index contributed by atoms with van der Waals surface area (Å²) < 4.78 is 0. The van der Waals surface area contributed by atoms with Crippen molar-refractivity contribution in [2.24, 2.45) is 0 Å². The molecule has 4 heterocycles. The van der Waals surface area contributed by atoms with Gasteiger partial charge in [0.05, 0.1) is 5.56 Å². The van der Waals surface area contributed by atoms with Gasteiger partial charge in [-0.15, -0.1) is 10.2 Å². The van der Waals surface area contributed by atoms with E-state index in [-0.39, 0.29) is 5.91 Å². The highest BCUT2D eigenvalue weighted by Crippen LogP contribution is 2.18. The van der Waals surface area contributed by atoms with Gasteiger partial charge in [-0.3, -0.25) is 9.78 Å². The van der Waals surface area contributed by atoms with Gasteiger partial charge >= 0.3 is 0 Å². The van der Waals surface area contributed by atoms with E-state index in [4.69, 9.17) is 0 Å². The van der Waals surface area contributed by atoms with Crippen LogP contribution in [0.1, 0.15) is 10.4 Å². The number of piperazine rings is 1. The standard InChI is InChI=1S/C18H18N6OS/c25-18(14-5-12-26-13-14)24-10-8-23(9-11-24)17-2-1-16(21-22-17)20-15-3-6-19-7-4-15/h1-7,12-13H,8-11H2,(H,19,20,21). The fourth-order valence-corrected chi connectivity index (χ4v) is 3.48. The normalized spacial score (nSPS) is 14.3. The summed E-state index contributed by atoms with van der Waals surface area (Å²) in [4.78, 5) is 20.4. The molecule has 0 aromatic carbocycles. The Morgan fingerprint density at radius 2 is 1.81 bits per heavy atom. The molecule has 1 fully saturated rings. The number of anilines is 3. The van der Waals surface area contributed by atoms with Gasteiger partial charge in [-0.05, 0) is 35.7 Å². The van der Waals surface area contributed by atoms with Crippen LogP contribution in [0.4, 0.5) is 17.3 Å². The molecular weight excluding hydrogens is 348 g/mol. The van der Waals surface area contributed by atoms with E-state index in [0.29, 0.717) is 18.9 Å². The van der Waals surface area contributed by atoms with Crippen LogP contribution in [-0.2, 0) is 0 Å². The lowest BCUT2D eigenvalue weighted by Crippen LogP contribution is -2.49. The number of amides is 1. The van der Waals surface area contributed by atoms with Gasteiger partial charge in [0.1, 0.15) is 0 Å². The fraction of sp³-hybridized carbons (Fsp3) is 0.222. The summed E-state index contributed by atoms with van der Waals surface area (Å²) in [5, 5.41) is 15.6. The molecule has 1 aliphatic rings. The molecule has 1 saturated heterocycles. The molecule has 0 radical (unpaired) electrons. The molecule has 3 aromatic heterocycles. The maximum Gasteiger partial charge on any atom is 0.254 e. The SMILES string of the molecule is O=C(c1ccsc1)N1CCN(c2ccc(Nc3ccncc3)nn2)CC1. The van der Waals surface area contributed by atoms with Crippen LogP contribution in [0.3, 0.4) is 0 Å². The number of hydrogen-bond donors (Lipinski definition) is 1. The monoisotopic (exact) mass is 366 g/mol. The smallest absolute Gasteiger partial charge is 0.254 e. The maximum atomic E-state index is 12.4. The van der Waals surface area contributed by atoms with Crippen LogP contribution in [0.2, 0.25) is 0 Å². The summed E-state index contributed by atoms with van der Waals surface area (Å²) in [7, 11) is 0. The van der Waals surface area contributed by atoms with Crippen LogP contribution < -0.4 is 10.2 Å². The van der Waals surface area contributed by atoms with Crippen LogP contribution in [-0.4, -0.2) is 52.2 Å². The van der Waals surface area contributed by atoms with Gasteiger partial charge < -0.3 is 15.1 Å². The average Bonchev–Trinajstić information content (AvgIpc) is 3.24. The molecule has 132 valence electrons. The number of thiophene rings is 1. The molecule has 1 aliphatic heterocycles. The van der Waals surface area contributed by atoms with Gasteiger partial charge in [-0.1, -0.05) is 0 Å². The summed E-state index contributed by atoms with van der Waals surface area (Å²) in [5.41, 5.74) is 1.69. The minimum Gasteiger partial charge on any atom is -0.352 e. The summed E-state index contributed by atoms with van der Waals surface area (Å²) in [6.07, 6.45) is 3.45. The molecule has 1 amide bonds. The van der Waals surface area contributed by atoms with Crippen molar-refractivity contribution in [3.05, 3.63) is 59.0 Å². The van der Waals surface area contributed by atoms with Gasteiger partial charge in [0.2, 0.25) is 0 Å². The van der Waals surface area contributed by atoms with Crippen molar-refractivity contribution < 1.29 is 4.79 Å². The van der Waals surface area contributed by atoms with E-state index in [1.54, 1.807) is 23.7 Å². The van der Waals surface area contributed by atoms with Gasteiger partial charge in [0, 0.05) is 49.6 Å². The Labute approximate surface area is 155 Å². The third-order valence-corrected chi connectivity index (χ3v) is 4.95. The third kappa shape index (κ3) is 3.65. The maximum absolute atomic E-state index is 12.4. The lowest BCUT2D eigenvalue weighted by atomic mass is 10.2. The quantitative estimate of drug-likeness (QED) is 0.765. The largest absolute Gasteiger partial charge is 0.352 e. The molecule has 26 heavy (non-hydrogen) atoms. The molecule has 0 aliphatic carbocycles. The second-order valence-electron chi connectivity index (χ2n) is 5.93. The first-order valence-electron chi connectivity index (χ1n) is 8.37. The highest BCUT2D eigenvalue weighted by molar-refractivity contribution is 7.08. The van der Waals surface area contributed by atoms with Crippen molar-refractivity contribution in [1.29, 1.82) is 0 Å². The van der Waals surface area contributed by atoms with E-state index >= 15 is 0 Å². The third-order valence-electron chi connectivity index (χ3n) is 4.26. The van der Waals surface area contributed by atoms with E-state index < -0.39 is 0 Å². The van der Waals surface area contributed by atoms with E-state index in [2.05, 4.69) is 25.4 Å². The van der Waals surface area contributed by atoms with E-state index in [1.165, 1.54) is 0 Å². The fourth-order valence-electron chi connectivity index (χ4n) is 2.85. The zero-order valence-corrected chi connectivity index (χ0v) is 14.9. The minimum absolute atomic E-state index is 0.105. The molecule has 0 unspecified atom stereocenters. The molecule has 1 N–H and O–H groups in total.